The molecule has 0 aliphatic carbocycles. The number of hydrogen-bond donors (Lipinski definition) is 1. The zero-order valence-electron chi connectivity index (χ0n) is 20.3. The topological polar surface area (TPSA) is 55.8 Å². The molecule has 0 aliphatic heterocycles. The molecular weight excluding hydrogens is 400 g/mol. The molecule has 1 N–H and O–H groups in total. The van der Waals surface area contributed by atoms with Crippen LogP contribution in [0.3, 0.4) is 0 Å². The molecule has 1 aromatic rings. The van der Waals surface area contributed by atoms with Crippen LogP contribution in [0.2, 0.25) is 0 Å². The monoisotopic (exact) mass is 444 g/mol. The van der Waals surface area contributed by atoms with Gasteiger partial charge in [0.1, 0.15) is 0 Å². The number of ether oxygens (including phenoxy) is 2. The fourth-order valence-corrected chi connectivity index (χ4v) is 3.53. The molecule has 0 unspecified atom stereocenters. The van der Waals surface area contributed by atoms with Gasteiger partial charge in [-0.05, 0) is 55.9 Å². The van der Waals surface area contributed by atoms with Crippen molar-refractivity contribution < 1.29 is 19.4 Å². The highest BCUT2D eigenvalue weighted by atomic mass is 16.5. The molecule has 0 radical (unpaired) electrons. The third kappa shape index (κ3) is 14.7. The van der Waals surface area contributed by atoms with E-state index >= 15 is 0 Å². The molecule has 0 heterocycles. The summed E-state index contributed by atoms with van der Waals surface area (Å²) in [7, 11) is 1.49. The number of aromatic hydroxyl groups is 1. The van der Waals surface area contributed by atoms with Crippen LogP contribution in [0, 0.1) is 0 Å². The predicted octanol–water partition coefficient (Wildman–Crippen LogP) is 7.99. The van der Waals surface area contributed by atoms with Gasteiger partial charge in [-0.15, -0.1) is 0 Å². The third-order valence-electron chi connectivity index (χ3n) is 5.52. The zero-order valence-corrected chi connectivity index (χ0v) is 20.3. The number of allylic oxidation sites excluding steroid dienone is 2. The van der Waals surface area contributed by atoms with E-state index in [9.17, 15) is 9.90 Å². The van der Waals surface area contributed by atoms with Crippen molar-refractivity contribution in [3.8, 4) is 11.5 Å². The van der Waals surface area contributed by atoms with Crippen molar-refractivity contribution in [1.29, 1.82) is 0 Å². The van der Waals surface area contributed by atoms with E-state index in [1.54, 1.807) is 18.2 Å². The van der Waals surface area contributed by atoms with Gasteiger partial charge in [0.25, 0.3) is 0 Å². The van der Waals surface area contributed by atoms with Gasteiger partial charge in [-0.25, -0.2) is 4.79 Å². The fourth-order valence-electron chi connectivity index (χ4n) is 3.53. The Balaban J connectivity index is 1.92. The van der Waals surface area contributed by atoms with Gasteiger partial charge < -0.3 is 14.6 Å². The van der Waals surface area contributed by atoms with E-state index in [2.05, 4.69) is 19.1 Å². The Morgan fingerprint density at radius 2 is 1.47 bits per heavy atom. The van der Waals surface area contributed by atoms with Gasteiger partial charge >= 0.3 is 5.97 Å². The molecule has 0 bridgehead atoms. The molecule has 1 aromatic carbocycles. The van der Waals surface area contributed by atoms with Gasteiger partial charge in [0.05, 0.1) is 13.7 Å². The molecule has 32 heavy (non-hydrogen) atoms. The molecule has 0 amide bonds. The molecule has 0 saturated heterocycles. The largest absolute Gasteiger partial charge is 0.504 e. The van der Waals surface area contributed by atoms with E-state index in [4.69, 9.17) is 9.47 Å². The van der Waals surface area contributed by atoms with Crippen LogP contribution in [0.1, 0.15) is 102 Å². The number of methoxy groups -OCH3 is 1. The quantitative estimate of drug-likeness (QED) is 0.102. The third-order valence-corrected chi connectivity index (χ3v) is 5.52. The highest BCUT2D eigenvalue weighted by molar-refractivity contribution is 5.87. The molecule has 4 heteroatoms. The zero-order chi connectivity index (χ0) is 23.3. The highest BCUT2D eigenvalue weighted by Crippen LogP contribution is 2.26. The van der Waals surface area contributed by atoms with Crippen LogP contribution in [0.25, 0.3) is 6.08 Å². The number of phenolic OH excluding ortho intramolecular Hbond substituents is 1. The van der Waals surface area contributed by atoms with Crippen molar-refractivity contribution in [2.45, 2.75) is 96.8 Å². The summed E-state index contributed by atoms with van der Waals surface area (Å²) in [4.78, 5) is 11.8. The maximum Gasteiger partial charge on any atom is 0.330 e. The fraction of sp³-hybridized carbons (Fsp3) is 0.607. The SMILES string of the molecule is CCCCCC/C=C/CCCCCCCCCCOC(=O)/C=C/c1ccc(O)c(OC)c1. The first-order chi connectivity index (χ1) is 15.7. The lowest BCUT2D eigenvalue weighted by Gasteiger charge is -2.04. The van der Waals surface area contributed by atoms with E-state index in [1.165, 1.54) is 96.3 Å². The molecule has 0 aliphatic rings. The van der Waals surface area contributed by atoms with E-state index in [0.29, 0.717) is 12.4 Å². The van der Waals surface area contributed by atoms with Gasteiger partial charge in [-0.3, -0.25) is 0 Å². The second-order valence-electron chi connectivity index (χ2n) is 8.37. The van der Waals surface area contributed by atoms with Crippen molar-refractivity contribution in [3.63, 3.8) is 0 Å². The number of phenols is 1. The van der Waals surface area contributed by atoms with E-state index < -0.39 is 0 Å². The Kier molecular flexibility index (Phi) is 16.9. The van der Waals surface area contributed by atoms with E-state index in [1.807, 2.05) is 0 Å². The lowest BCUT2D eigenvalue weighted by Crippen LogP contribution is -2.02. The Hall–Kier alpha value is -2.23. The summed E-state index contributed by atoms with van der Waals surface area (Å²) in [5, 5.41) is 9.58. The number of carbonyl (C=O) groups excluding carboxylic acids is 1. The second kappa shape index (κ2) is 19.5. The summed E-state index contributed by atoms with van der Waals surface area (Å²) < 4.78 is 10.3. The Labute approximate surface area is 195 Å². The number of unbranched alkanes of at least 4 members (excludes halogenated alkanes) is 12. The minimum atomic E-state index is -0.341. The van der Waals surface area contributed by atoms with Crippen molar-refractivity contribution in [3.05, 3.63) is 42.0 Å². The Morgan fingerprint density at radius 1 is 0.875 bits per heavy atom. The van der Waals surface area contributed by atoms with E-state index in [-0.39, 0.29) is 11.7 Å². The highest BCUT2D eigenvalue weighted by Gasteiger charge is 2.02. The maximum absolute atomic E-state index is 11.8. The van der Waals surface area contributed by atoms with Crippen molar-refractivity contribution in [2.75, 3.05) is 13.7 Å². The molecule has 4 nitrogen and oxygen atoms in total. The van der Waals surface area contributed by atoms with Crippen LogP contribution in [-0.4, -0.2) is 24.8 Å². The van der Waals surface area contributed by atoms with Crippen LogP contribution < -0.4 is 4.74 Å². The molecule has 0 spiro atoms. The number of rotatable bonds is 19. The molecule has 180 valence electrons. The number of carbonyl (C=O) groups is 1. The lowest BCUT2D eigenvalue weighted by atomic mass is 10.1. The first-order valence-electron chi connectivity index (χ1n) is 12.5. The summed E-state index contributed by atoms with van der Waals surface area (Å²) in [5.74, 6) is 0.116. The summed E-state index contributed by atoms with van der Waals surface area (Å²) in [6.07, 6.45) is 25.4. The first kappa shape index (κ1) is 27.8. The van der Waals surface area contributed by atoms with Crippen LogP contribution in [0.5, 0.6) is 11.5 Å². The molecule has 0 fully saturated rings. The van der Waals surface area contributed by atoms with Crippen LogP contribution in [0.4, 0.5) is 0 Å². The second-order valence-corrected chi connectivity index (χ2v) is 8.37. The molecule has 1 rings (SSSR count). The smallest absolute Gasteiger partial charge is 0.330 e. The van der Waals surface area contributed by atoms with Crippen LogP contribution in [-0.2, 0) is 9.53 Å². The van der Waals surface area contributed by atoms with Gasteiger partial charge in [-0.2, -0.15) is 0 Å². The summed E-state index contributed by atoms with van der Waals surface area (Å²) >= 11 is 0. The molecule has 0 saturated carbocycles. The molecule has 0 aromatic heterocycles. The van der Waals surface area contributed by atoms with Gasteiger partial charge in [0.2, 0.25) is 0 Å². The maximum atomic E-state index is 11.8. The standard InChI is InChI=1S/C28H44O4/c1-3-4-5-6-7-8-9-10-11-12-13-14-15-16-17-18-23-32-28(30)22-20-25-19-21-26(29)27(24-25)31-2/h8-9,19-22,24,29H,3-7,10-18,23H2,1-2H3/b9-8+,22-20+. The van der Waals surface area contributed by atoms with Gasteiger partial charge in [-0.1, -0.05) is 82.9 Å². The van der Waals surface area contributed by atoms with Crippen molar-refractivity contribution in [1.82, 2.24) is 0 Å². The normalized spacial score (nSPS) is 11.4. The predicted molar refractivity (Wildman–Crippen MR) is 134 cm³/mol. The summed E-state index contributed by atoms with van der Waals surface area (Å²) in [6.45, 7) is 2.72. The average molecular weight is 445 g/mol. The van der Waals surface area contributed by atoms with Gasteiger partial charge in [0, 0.05) is 6.08 Å². The summed E-state index contributed by atoms with van der Waals surface area (Å²) in [6, 6.07) is 4.93. The minimum absolute atomic E-state index is 0.0767. The average Bonchev–Trinajstić information content (AvgIpc) is 2.80. The number of hydrogen-bond acceptors (Lipinski definition) is 4. The molecule has 0 atom stereocenters. The Morgan fingerprint density at radius 3 is 2.09 bits per heavy atom. The Bertz CT molecular complexity index is 663. The first-order valence-corrected chi connectivity index (χ1v) is 12.5. The summed E-state index contributed by atoms with van der Waals surface area (Å²) in [5.41, 5.74) is 0.773. The number of esters is 1. The van der Waals surface area contributed by atoms with Crippen LogP contribution in [0.15, 0.2) is 36.4 Å². The van der Waals surface area contributed by atoms with Crippen LogP contribution >= 0.6 is 0 Å². The van der Waals surface area contributed by atoms with E-state index in [0.717, 1.165) is 18.4 Å². The lowest BCUT2D eigenvalue weighted by molar-refractivity contribution is -0.137. The van der Waals surface area contributed by atoms with Crippen molar-refractivity contribution >= 4 is 12.0 Å². The molecular formula is C28H44O4. The van der Waals surface area contributed by atoms with Gasteiger partial charge in [0.15, 0.2) is 11.5 Å². The van der Waals surface area contributed by atoms with Crippen molar-refractivity contribution in [2.24, 2.45) is 0 Å². The minimum Gasteiger partial charge on any atom is -0.504 e. The number of benzene rings is 1.